The van der Waals surface area contributed by atoms with Crippen LogP contribution in [0.15, 0.2) is 29.8 Å². The highest BCUT2D eigenvalue weighted by Crippen LogP contribution is 2.22. The molecular weight excluding hydrogens is 294 g/mol. The number of hydrogen-bond acceptors (Lipinski definition) is 7. The lowest BCUT2D eigenvalue weighted by Gasteiger charge is -2.06. The number of rotatable bonds is 6. The van der Waals surface area contributed by atoms with Crippen molar-refractivity contribution in [3.05, 3.63) is 51.1 Å². The van der Waals surface area contributed by atoms with E-state index < -0.39 is 10.9 Å². The van der Waals surface area contributed by atoms with E-state index in [0.29, 0.717) is 11.5 Å². The topological polar surface area (TPSA) is 94.4 Å². The maximum Gasteiger partial charge on any atom is 0.360 e. The highest BCUT2D eigenvalue weighted by Gasteiger charge is 2.15. The molecule has 8 heteroatoms. The summed E-state index contributed by atoms with van der Waals surface area (Å²) in [6.07, 6.45) is 0. The van der Waals surface area contributed by atoms with Gasteiger partial charge in [-0.3, -0.25) is 10.1 Å². The molecule has 0 atom stereocenters. The monoisotopic (exact) mass is 307 g/mol. The predicted molar refractivity (Wildman–Crippen MR) is 78.5 cm³/mol. The van der Waals surface area contributed by atoms with E-state index in [9.17, 15) is 14.9 Å². The van der Waals surface area contributed by atoms with E-state index in [0.717, 1.165) is 5.56 Å². The molecule has 0 saturated heterocycles. The fourth-order valence-corrected chi connectivity index (χ4v) is 2.30. The Morgan fingerprint density at radius 3 is 2.76 bits per heavy atom. The van der Waals surface area contributed by atoms with Crippen LogP contribution in [0.3, 0.4) is 0 Å². The summed E-state index contributed by atoms with van der Waals surface area (Å²) in [7, 11) is 0. The van der Waals surface area contributed by atoms with Crippen molar-refractivity contribution in [3.8, 4) is 0 Å². The zero-order valence-electron chi connectivity index (χ0n) is 11.2. The van der Waals surface area contributed by atoms with Crippen molar-refractivity contribution in [1.29, 1.82) is 0 Å². The van der Waals surface area contributed by atoms with E-state index in [-0.39, 0.29) is 18.0 Å². The number of nitrogens with zero attached hydrogens (tertiary/aromatic N) is 2. The van der Waals surface area contributed by atoms with Crippen LogP contribution in [0.4, 0.5) is 10.7 Å². The number of hydrogen-bond donors (Lipinski definition) is 1. The van der Waals surface area contributed by atoms with E-state index in [1.54, 1.807) is 24.6 Å². The van der Waals surface area contributed by atoms with Gasteiger partial charge in [-0.05, 0) is 12.5 Å². The molecule has 0 fully saturated rings. The fourth-order valence-electron chi connectivity index (χ4n) is 1.63. The molecule has 0 saturated carbocycles. The molecule has 0 aliphatic carbocycles. The van der Waals surface area contributed by atoms with Crippen molar-refractivity contribution in [2.45, 2.75) is 13.5 Å². The van der Waals surface area contributed by atoms with E-state index in [2.05, 4.69) is 10.3 Å². The van der Waals surface area contributed by atoms with Crippen LogP contribution in [0.2, 0.25) is 0 Å². The van der Waals surface area contributed by atoms with Crippen molar-refractivity contribution in [2.75, 3.05) is 11.9 Å². The van der Waals surface area contributed by atoms with Crippen LogP contribution >= 0.6 is 11.3 Å². The van der Waals surface area contributed by atoms with Crippen LogP contribution < -0.4 is 5.32 Å². The van der Waals surface area contributed by atoms with Crippen LogP contribution in [0, 0.1) is 10.1 Å². The van der Waals surface area contributed by atoms with Gasteiger partial charge in [-0.1, -0.05) is 12.1 Å². The lowest BCUT2D eigenvalue weighted by atomic mass is 10.2. The summed E-state index contributed by atoms with van der Waals surface area (Å²) in [5.74, 6) is -0.468. The molecule has 0 spiro atoms. The van der Waals surface area contributed by atoms with Crippen LogP contribution in [-0.2, 0) is 11.3 Å². The Labute approximate surface area is 124 Å². The summed E-state index contributed by atoms with van der Waals surface area (Å²) in [6.45, 7) is 2.46. The van der Waals surface area contributed by atoms with Gasteiger partial charge in [0.05, 0.1) is 17.0 Å². The van der Waals surface area contributed by atoms with Crippen LogP contribution in [0.1, 0.15) is 23.0 Å². The Bertz CT molecular complexity index is 639. The first-order valence-corrected chi connectivity index (χ1v) is 7.07. The number of nitro groups is 1. The Balaban J connectivity index is 2.01. The average Bonchev–Trinajstić information content (AvgIpc) is 2.94. The van der Waals surface area contributed by atoms with Gasteiger partial charge < -0.3 is 10.1 Å². The first-order valence-electron chi connectivity index (χ1n) is 6.19. The van der Waals surface area contributed by atoms with Gasteiger partial charge in [-0.2, -0.15) is 0 Å². The second-order valence-corrected chi connectivity index (χ2v) is 4.88. The normalized spacial score (nSPS) is 10.1. The van der Waals surface area contributed by atoms with Gasteiger partial charge in [-0.25, -0.2) is 9.78 Å². The summed E-state index contributed by atoms with van der Waals surface area (Å²) >= 11 is 1.30. The number of non-ortho nitro benzene ring substituents is 1. The molecule has 2 rings (SSSR count). The number of esters is 1. The van der Waals surface area contributed by atoms with Crippen LogP contribution in [-0.4, -0.2) is 22.5 Å². The number of benzene rings is 1. The first-order chi connectivity index (χ1) is 10.1. The minimum Gasteiger partial charge on any atom is -0.461 e. The predicted octanol–water partition coefficient (Wildman–Crippen LogP) is 2.84. The van der Waals surface area contributed by atoms with Crippen molar-refractivity contribution < 1.29 is 14.5 Å². The lowest BCUT2D eigenvalue weighted by molar-refractivity contribution is -0.384. The van der Waals surface area contributed by atoms with Gasteiger partial charge in [0.15, 0.2) is 5.69 Å². The molecule has 0 aliphatic rings. The third-order valence-electron chi connectivity index (χ3n) is 2.64. The zero-order valence-corrected chi connectivity index (χ0v) is 12.1. The minimum atomic E-state index is -0.468. The number of nitro benzene ring substituents is 1. The molecule has 1 N–H and O–H groups in total. The van der Waals surface area contributed by atoms with Crippen molar-refractivity contribution in [1.82, 2.24) is 4.98 Å². The Kier molecular flexibility index (Phi) is 4.83. The minimum absolute atomic E-state index is 0.0451. The summed E-state index contributed by atoms with van der Waals surface area (Å²) in [6, 6.07) is 6.21. The second-order valence-electron chi connectivity index (χ2n) is 4.03. The summed E-state index contributed by atoms with van der Waals surface area (Å²) in [5, 5.41) is 14.3. The van der Waals surface area contributed by atoms with Crippen LogP contribution in [0.25, 0.3) is 0 Å². The summed E-state index contributed by atoms with van der Waals surface area (Å²) in [4.78, 5) is 25.8. The quantitative estimate of drug-likeness (QED) is 0.501. The van der Waals surface area contributed by atoms with Gasteiger partial charge in [0.1, 0.15) is 5.00 Å². The maximum absolute atomic E-state index is 11.7. The van der Waals surface area contributed by atoms with Gasteiger partial charge >= 0.3 is 5.97 Å². The smallest absolute Gasteiger partial charge is 0.360 e. The molecule has 0 amide bonds. The number of carbonyl (C=O) groups is 1. The molecule has 21 heavy (non-hydrogen) atoms. The summed E-state index contributed by atoms with van der Waals surface area (Å²) < 4.78 is 4.91. The molecule has 0 bridgehead atoms. The van der Waals surface area contributed by atoms with E-state index in [1.165, 1.54) is 23.5 Å². The zero-order chi connectivity index (χ0) is 15.2. The molecule has 7 nitrogen and oxygen atoms in total. The number of aromatic nitrogens is 1. The number of thiazole rings is 1. The van der Waals surface area contributed by atoms with Crippen molar-refractivity contribution in [3.63, 3.8) is 0 Å². The third kappa shape index (κ3) is 3.76. The Morgan fingerprint density at radius 1 is 1.43 bits per heavy atom. The molecule has 1 aromatic heterocycles. The summed E-state index contributed by atoms with van der Waals surface area (Å²) in [5.41, 5.74) is 2.72. The Hall–Kier alpha value is -2.48. The van der Waals surface area contributed by atoms with Crippen LogP contribution in [0.5, 0.6) is 0 Å². The molecular formula is C13H13N3O4S. The van der Waals surface area contributed by atoms with Crippen molar-refractivity contribution >= 4 is 28.0 Å². The van der Waals surface area contributed by atoms with Gasteiger partial charge in [0.2, 0.25) is 0 Å². The Morgan fingerprint density at radius 2 is 2.14 bits per heavy atom. The van der Waals surface area contributed by atoms with E-state index >= 15 is 0 Å². The molecule has 1 aromatic carbocycles. The SMILES string of the molecule is CCOC(=O)c1ncsc1NCc1ccc([N+](=O)[O-])cc1. The standard InChI is InChI=1S/C13H13N3O4S/c1-2-20-13(17)11-12(21-8-15-11)14-7-9-3-5-10(6-4-9)16(18)19/h3-6,8,14H,2,7H2,1H3. The molecule has 0 aliphatic heterocycles. The molecule has 0 unspecified atom stereocenters. The largest absolute Gasteiger partial charge is 0.461 e. The van der Waals surface area contributed by atoms with E-state index in [4.69, 9.17) is 4.74 Å². The maximum atomic E-state index is 11.7. The van der Waals surface area contributed by atoms with Gasteiger partial charge in [-0.15, -0.1) is 11.3 Å². The molecule has 110 valence electrons. The second kappa shape index (κ2) is 6.80. The molecule has 1 heterocycles. The molecule has 2 aromatic rings. The van der Waals surface area contributed by atoms with Gasteiger partial charge in [0.25, 0.3) is 5.69 Å². The average molecular weight is 307 g/mol. The van der Waals surface area contributed by atoms with E-state index in [1.807, 2.05) is 0 Å². The fraction of sp³-hybridized carbons (Fsp3) is 0.231. The number of nitrogens with one attached hydrogen (secondary N) is 1. The number of ether oxygens (including phenoxy) is 1. The number of anilines is 1. The van der Waals surface area contributed by atoms with Crippen molar-refractivity contribution in [2.24, 2.45) is 0 Å². The number of carbonyl (C=O) groups excluding carboxylic acids is 1. The molecule has 0 radical (unpaired) electrons. The first kappa shape index (κ1) is 14.9. The lowest BCUT2D eigenvalue weighted by Crippen LogP contribution is -2.09. The van der Waals surface area contributed by atoms with Gasteiger partial charge in [0, 0.05) is 18.7 Å². The highest BCUT2D eigenvalue weighted by atomic mass is 32.1. The highest BCUT2D eigenvalue weighted by molar-refractivity contribution is 7.14. The third-order valence-corrected chi connectivity index (χ3v) is 3.42.